The lowest BCUT2D eigenvalue weighted by atomic mass is 9.94. The normalized spacial score (nSPS) is 12.7. The second kappa shape index (κ2) is 6.29. The van der Waals surface area contributed by atoms with Gasteiger partial charge in [-0.25, -0.2) is 0 Å². The molecule has 0 aliphatic carbocycles. The van der Waals surface area contributed by atoms with Crippen LogP contribution in [0.4, 0.5) is 0 Å². The summed E-state index contributed by atoms with van der Waals surface area (Å²) in [5.41, 5.74) is 3.25. The van der Waals surface area contributed by atoms with E-state index in [4.69, 9.17) is 23.2 Å². The van der Waals surface area contributed by atoms with Gasteiger partial charge in [-0.3, -0.25) is 4.68 Å². The van der Waals surface area contributed by atoms with Crippen LogP contribution >= 0.6 is 39.1 Å². The van der Waals surface area contributed by atoms with Crippen molar-refractivity contribution in [2.24, 2.45) is 7.05 Å². The van der Waals surface area contributed by atoms with Crippen molar-refractivity contribution in [1.29, 1.82) is 0 Å². The van der Waals surface area contributed by atoms with E-state index in [2.05, 4.69) is 27.1 Å². The van der Waals surface area contributed by atoms with E-state index in [0.29, 0.717) is 11.0 Å². The van der Waals surface area contributed by atoms with Crippen molar-refractivity contribution < 1.29 is 0 Å². The maximum atomic E-state index is 6.29. The van der Waals surface area contributed by atoms with Crippen molar-refractivity contribution in [1.82, 2.24) is 9.78 Å². The van der Waals surface area contributed by atoms with Gasteiger partial charge < -0.3 is 0 Å². The van der Waals surface area contributed by atoms with Gasteiger partial charge in [-0.05, 0) is 25.0 Å². The maximum Gasteiger partial charge on any atom is 0.130 e. The van der Waals surface area contributed by atoms with Crippen LogP contribution in [-0.4, -0.2) is 15.7 Å². The molecule has 0 bridgehead atoms. The van der Waals surface area contributed by atoms with E-state index in [1.54, 1.807) is 4.68 Å². The molecule has 1 unspecified atom stereocenters. The number of aromatic nitrogens is 2. The van der Waals surface area contributed by atoms with Gasteiger partial charge in [0.25, 0.3) is 0 Å². The summed E-state index contributed by atoms with van der Waals surface area (Å²) in [7, 11) is 1.85. The van der Waals surface area contributed by atoms with Crippen LogP contribution in [0.25, 0.3) is 0 Å². The van der Waals surface area contributed by atoms with Gasteiger partial charge in [-0.15, -0.1) is 11.6 Å². The minimum Gasteiger partial charge on any atom is -0.257 e. The molecule has 0 aliphatic rings. The van der Waals surface area contributed by atoms with Crippen LogP contribution in [0.15, 0.2) is 28.7 Å². The van der Waals surface area contributed by atoms with E-state index >= 15 is 0 Å². The summed E-state index contributed by atoms with van der Waals surface area (Å²) in [5, 5.41) is 5.04. The molecule has 2 aromatic rings. The molecule has 0 aliphatic heterocycles. The second-order valence-corrected chi connectivity index (χ2v) is 6.08. The lowest BCUT2D eigenvalue weighted by Crippen LogP contribution is -2.06. The number of hydrogen-bond donors (Lipinski definition) is 0. The van der Waals surface area contributed by atoms with E-state index in [-0.39, 0.29) is 5.92 Å². The van der Waals surface area contributed by atoms with Gasteiger partial charge in [0.2, 0.25) is 0 Å². The Hall–Kier alpha value is -0.510. The van der Waals surface area contributed by atoms with Crippen molar-refractivity contribution in [3.05, 3.63) is 50.7 Å². The van der Waals surface area contributed by atoms with Gasteiger partial charge in [0, 0.05) is 28.9 Å². The highest BCUT2D eigenvalue weighted by Crippen LogP contribution is 2.31. The summed E-state index contributed by atoms with van der Waals surface area (Å²) >= 11 is 16.0. The Labute approximate surface area is 131 Å². The predicted octanol–water partition coefficient (Wildman–Crippen LogP) is 4.71. The van der Waals surface area contributed by atoms with Gasteiger partial charge in [0.15, 0.2) is 0 Å². The zero-order valence-electron chi connectivity index (χ0n) is 10.8. The Morgan fingerprint density at radius 2 is 2.05 bits per heavy atom. The number of benzene rings is 1. The SMILES string of the molecule is Cc1nn(C)c(Cl)c1CC(CCl)c1ccccc1Br. The molecule has 0 fully saturated rings. The second-order valence-electron chi connectivity index (χ2n) is 4.56. The zero-order valence-corrected chi connectivity index (χ0v) is 13.9. The molecule has 2 nitrogen and oxygen atoms in total. The quantitative estimate of drug-likeness (QED) is 0.721. The fourth-order valence-corrected chi connectivity index (χ4v) is 3.34. The summed E-state index contributed by atoms with van der Waals surface area (Å²) in [5.74, 6) is 0.769. The highest BCUT2D eigenvalue weighted by Gasteiger charge is 2.19. The van der Waals surface area contributed by atoms with Crippen LogP contribution in [0.3, 0.4) is 0 Å². The van der Waals surface area contributed by atoms with Gasteiger partial charge in [-0.1, -0.05) is 45.7 Å². The topological polar surface area (TPSA) is 17.8 Å². The summed E-state index contributed by atoms with van der Waals surface area (Å²) < 4.78 is 2.79. The first-order valence-electron chi connectivity index (χ1n) is 6.03. The standard InChI is InChI=1S/C14H15BrCl2N2/c1-9-12(14(17)19(2)18-9)7-10(8-16)11-5-3-4-6-13(11)15/h3-6,10H,7-8H2,1-2H3. The third-order valence-electron chi connectivity index (χ3n) is 3.25. The molecule has 102 valence electrons. The molecular weight excluding hydrogens is 347 g/mol. The average molecular weight is 362 g/mol. The molecule has 0 radical (unpaired) electrons. The van der Waals surface area contributed by atoms with Crippen LogP contribution in [-0.2, 0) is 13.5 Å². The van der Waals surface area contributed by atoms with Crippen LogP contribution in [0.2, 0.25) is 5.15 Å². The summed E-state index contributed by atoms with van der Waals surface area (Å²) in [6, 6.07) is 8.15. The molecular formula is C14H15BrCl2N2. The molecule has 1 atom stereocenters. The molecule has 5 heteroatoms. The first kappa shape index (κ1) is 14.9. The molecule has 0 saturated carbocycles. The summed E-state index contributed by atoms with van der Waals surface area (Å²) in [4.78, 5) is 0. The van der Waals surface area contributed by atoms with Crippen LogP contribution in [0, 0.1) is 6.92 Å². The fraction of sp³-hybridized carbons (Fsp3) is 0.357. The Balaban J connectivity index is 2.32. The minimum atomic E-state index is 0.220. The van der Waals surface area contributed by atoms with Crippen LogP contribution < -0.4 is 0 Å². The van der Waals surface area contributed by atoms with Gasteiger partial charge in [0.1, 0.15) is 5.15 Å². The minimum absolute atomic E-state index is 0.220. The Morgan fingerprint density at radius 3 is 2.58 bits per heavy atom. The molecule has 1 heterocycles. The first-order valence-corrected chi connectivity index (χ1v) is 7.73. The molecule has 0 amide bonds. The Bertz CT molecular complexity index is 581. The molecule has 1 aromatic heterocycles. The number of aryl methyl sites for hydroxylation is 2. The predicted molar refractivity (Wildman–Crippen MR) is 84.3 cm³/mol. The molecule has 0 N–H and O–H groups in total. The van der Waals surface area contributed by atoms with Crippen LogP contribution in [0.5, 0.6) is 0 Å². The van der Waals surface area contributed by atoms with Crippen molar-refractivity contribution in [2.75, 3.05) is 5.88 Å². The number of halogens is 3. The number of nitrogens with zero attached hydrogens (tertiary/aromatic N) is 2. The number of alkyl halides is 1. The van der Waals surface area contributed by atoms with Crippen molar-refractivity contribution >= 4 is 39.1 Å². The number of rotatable bonds is 4. The Morgan fingerprint density at radius 1 is 1.37 bits per heavy atom. The summed E-state index contributed by atoms with van der Waals surface area (Å²) in [6.07, 6.45) is 0.796. The van der Waals surface area contributed by atoms with Crippen molar-refractivity contribution in [3.8, 4) is 0 Å². The third-order valence-corrected chi connectivity index (χ3v) is 4.82. The van der Waals surface area contributed by atoms with Crippen LogP contribution in [0.1, 0.15) is 22.7 Å². The van der Waals surface area contributed by atoms with Crippen molar-refractivity contribution in [2.45, 2.75) is 19.3 Å². The first-order chi connectivity index (χ1) is 9.04. The van der Waals surface area contributed by atoms with E-state index in [1.807, 2.05) is 32.2 Å². The third kappa shape index (κ3) is 3.15. The van der Waals surface area contributed by atoms with E-state index < -0.39 is 0 Å². The molecule has 0 saturated heterocycles. The molecule has 0 spiro atoms. The van der Waals surface area contributed by atoms with Crippen molar-refractivity contribution in [3.63, 3.8) is 0 Å². The highest BCUT2D eigenvalue weighted by molar-refractivity contribution is 9.10. The monoisotopic (exact) mass is 360 g/mol. The fourth-order valence-electron chi connectivity index (χ4n) is 2.21. The molecule has 2 rings (SSSR count). The Kier molecular flexibility index (Phi) is 4.93. The molecule has 1 aromatic carbocycles. The lowest BCUT2D eigenvalue weighted by molar-refractivity contribution is 0.752. The van der Waals surface area contributed by atoms with E-state index in [9.17, 15) is 0 Å². The lowest BCUT2D eigenvalue weighted by Gasteiger charge is -2.16. The molecule has 19 heavy (non-hydrogen) atoms. The average Bonchev–Trinajstić information content (AvgIpc) is 2.63. The summed E-state index contributed by atoms with van der Waals surface area (Å²) in [6.45, 7) is 1.98. The zero-order chi connectivity index (χ0) is 14.0. The van der Waals surface area contributed by atoms with E-state index in [1.165, 1.54) is 5.56 Å². The largest absolute Gasteiger partial charge is 0.257 e. The van der Waals surface area contributed by atoms with E-state index in [0.717, 1.165) is 22.2 Å². The van der Waals surface area contributed by atoms with Gasteiger partial charge in [0.05, 0.1) is 5.69 Å². The number of hydrogen-bond acceptors (Lipinski definition) is 1. The van der Waals surface area contributed by atoms with Gasteiger partial charge >= 0.3 is 0 Å². The maximum absolute atomic E-state index is 6.29. The smallest absolute Gasteiger partial charge is 0.130 e. The van der Waals surface area contributed by atoms with Gasteiger partial charge in [-0.2, -0.15) is 5.10 Å². The highest BCUT2D eigenvalue weighted by atomic mass is 79.9.